The minimum Gasteiger partial charge on any atom is -0.351 e. The second-order valence-electron chi connectivity index (χ2n) is 6.30. The summed E-state index contributed by atoms with van der Waals surface area (Å²) in [5.41, 5.74) is 4.66. The summed E-state index contributed by atoms with van der Waals surface area (Å²) in [6.45, 7) is 4.04. The van der Waals surface area contributed by atoms with Gasteiger partial charge in [-0.2, -0.15) is 0 Å². The Morgan fingerprint density at radius 2 is 2.09 bits per heavy atom. The van der Waals surface area contributed by atoms with Gasteiger partial charge >= 0.3 is 0 Å². The summed E-state index contributed by atoms with van der Waals surface area (Å²) in [4.78, 5) is 27.4. The van der Waals surface area contributed by atoms with Gasteiger partial charge in [-0.25, -0.2) is 0 Å². The van der Waals surface area contributed by atoms with E-state index < -0.39 is 0 Å². The zero-order chi connectivity index (χ0) is 16.4. The van der Waals surface area contributed by atoms with Crippen molar-refractivity contribution in [3.8, 4) is 0 Å². The van der Waals surface area contributed by atoms with E-state index in [1.165, 1.54) is 5.56 Å². The zero-order valence-electron chi connectivity index (χ0n) is 13.6. The average Bonchev–Trinajstić information content (AvgIpc) is 2.53. The van der Waals surface area contributed by atoms with E-state index in [-0.39, 0.29) is 23.9 Å². The first-order chi connectivity index (χ1) is 11.1. The molecular weight excluding hydrogens is 288 g/mol. The number of aryl methyl sites for hydroxylation is 3. The standard InChI is InChI=1S/C19H22N2O2/c1-12-10-13(2)21-19(23)17(12)11-20-18(22)16-9-5-7-14-6-3-4-8-15(14)16/h3-4,6,8,10,16H,5,7,9,11H2,1-2H3,(H,20,22)(H,21,23)/t16-/m1/s1. The maximum atomic E-state index is 12.6. The van der Waals surface area contributed by atoms with E-state index in [1.807, 2.05) is 38.1 Å². The molecule has 120 valence electrons. The molecule has 0 radical (unpaired) electrons. The maximum absolute atomic E-state index is 12.6. The van der Waals surface area contributed by atoms with Crippen molar-refractivity contribution in [3.63, 3.8) is 0 Å². The van der Waals surface area contributed by atoms with Crippen molar-refractivity contribution < 1.29 is 4.79 Å². The van der Waals surface area contributed by atoms with Crippen molar-refractivity contribution >= 4 is 5.91 Å². The number of aromatic amines is 1. The first kappa shape index (κ1) is 15.5. The summed E-state index contributed by atoms with van der Waals surface area (Å²) in [5, 5.41) is 2.95. The monoisotopic (exact) mass is 310 g/mol. The largest absolute Gasteiger partial charge is 0.351 e. The second-order valence-corrected chi connectivity index (χ2v) is 6.30. The van der Waals surface area contributed by atoms with Crippen LogP contribution in [0.4, 0.5) is 0 Å². The van der Waals surface area contributed by atoms with E-state index >= 15 is 0 Å². The van der Waals surface area contributed by atoms with Gasteiger partial charge in [0.05, 0.1) is 5.92 Å². The summed E-state index contributed by atoms with van der Waals surface area (Å²) < 4.78 is 0. The Kier molecular flexibility index (Phi) is 4.33. The van der Waals surface area contributed by atoms with Crippen molar-refractivity contribution in [2.45, 2.75) is 45.6 Å². The number of hydrogen-bond donors (Lipinski definition) is 2. The third-order valence-electron chi connectivity index (χ3n) is 4.62. The molecule has 1 heterocycles. The van der Waals surface area contributed by atoms with Crippen LogP contribution in [-0.2, 0) is 17.8 Å². The Balaban J connectivity index is 1.75. The van der Waals surface area contributed by atoms with E-state index in [0.29, 0.717) is 5.56 Å². The van der Waals surface area contributed by atoms with Crippen LogP contribution in [0.25, 0.3) is 0 Å². The summed E-state index contributed by atoms with van der Waals surface area (Å²) >= 11 is 0. The molecule has 1 aliphatic rings. The number of nitrogens with one attached hydrogen (secondary N) is 2. The number of H-pyrrole nitrogens is 1. The Hall–Kier alpha value is -2.36. The molecule has 1 aromatic heterocycles. The van der Waals surface area contributed by atoms with Crippen LogP contribution in [0.1, 0.15) is 46.7 Å². The van der Waals surface area contributed by atoms with E-state index in [2.05, 4.69) is 16.4 Å². The van der Waals surface area contributed by atoms with Crippen LogP contribution in [0.2, 0.25) is 0 Å². The predicted molar refractivity (Wildman–Crippen MR) is 90.5 cm³/mol. The van der Waals surface area contributed by atoms with Crippen molar-refractivity contribution in [2.75, 3.05) is 0 Å². The van der Waals surface area contributed by atoms with E-state index in [4.69, 9.17) is 0 Å². The minimum absolute atomic E-state index is 0.0107. The summed E-state index contributed by atoms with van der Waals surface area (Å²) in [7, 11) is 0. The van der Waals surface area contributed by atoms with Gasteiger partial charge in [-0.05, 0) is 55.9 Å². The molecular formula is C19H22N2O2. The third kappa shape index (κ3) is 3.21. The van der Waals surface area contributed by atoms with Gasteiger partial charge < -0.3 is 10.3 Å². The Morgan fingerprint density at radius 3 is 2.87 bits per heavy atom. The highest BCUT2D eigenvalue weighted by atomic mass is 16.2. The van der Waals surface area contributed by atoms with Crippen LogP contribution in [0.5, 0.6) is 0 Å². The predicted octanol–water partition coefficient (Wildman–Crippen LogP) is 2.73. The number of aromatic nitrogens is 1. The van der Waals surface area contributed by atoms with Crippen molar-refractivity contribution in [3.05, 3.63) is 68.6 Å². The van der Waals surface area contributed by atoms with Crippen LogP contribution >= 0.6 is 0 Å². The molecule has 1 aromatic carbocycles. The van der Waals surface area contributed by atoms with Crippen molar-refractivity contribution in [2.24, 2.45) is 0 Å². The second kappa shape index (κ2) is 6.41. The van der Waals surface area contributed by atoms with Crippen LogP contribution in [-0.4, -0.2) is 10.9 Å². The number of carbonyl (C=O) groups is 1. The molecule has 4 nitrogen and oxygen atoms in total. The maximum Gasteiger partial charge on any atom is 0.253 e. The van der Waals surface area contributed by atoms with E-state index in [0.717, 1.165) is 36.1 Å². The molecule has 0 fully saturated rings. The van der Waals surface area contributed by atoms with Crippen LogP contribution in [0.15, 0.2) is 35.1 Å². The fourth-order valence-corrected chi connectivity index (χ4v) is 3.43. The third-order valence-corrected chi connectivity index (χ3v) is 4.62. The quantitative estimate of drug-likeness (QED) is 0.915. The summed E-state index contributed by atoms with van der Waals surface area (Å²) in [6, 6.07) is 10.1. The first-order valence-corrected chi connectivity index (χ1v) is 8.11. The lowest BCUT2D eigenvalue weighted by atomic mass is 9.82. The lowest BCUT2D eigenvalue weighted by Crippen LogP contribution is -2.33. The van der Waals surface area contributed by atoms with Gasteiger partial charge in [0.15, 0.2) is 0 Å². The van der Waals surface area contributed by atoms with Gasteiger partial charge in [-0.15, -0.1) is 0 Å². The summed E-state index contributed by atoms with van der Waals surface area (Å²) in [6.07, 6.45) is 2.93. The smallest absolute Gasteiger partial charge is 0.253 e. The molecule has 2 N–H and O–H groups in total. The normalized spacial score (nSPS) is 16.7. The van der Waals surface area contributed by atoms with Gasteiger partial charge in [0.1, 0.15) is 0 Å². The number of hydrogen-bond acceptors (Lipinski definition) is 2. The Morgan fingerprint density at radius 1 is 1.30 bits per heavy atom. The van der Waals surface area contributed by atoms with E-state index in [1.54, 1.807) is 0 Å². The van der Waals surface area contributed by atoms with Crippen LogP contribution in [0.3, 0.4) is 0 Å². The van der Waals surface area contributed by atoms with Crippen molar-refractivity contribution in [1.29, 1.82) is 0 Å². The van der Waals surface area contributed by atoms with Gasteiger partial charge in [0.25, 0.3) is 5.56 Å². The van der Waals surface area contributed by atoms with Crippen LogP contribution in [0, 0.1) is 13.8 Å². The lowest BCUT2D eigenvalue weighted by molar-refractivity contribution is -0.123. The fourth-order valence-electron chi connectivity index (χ4n) is 3.43. The molecule has 2 aromatic rings. The molecule has 4 heteroatoms. The highest BCUT2D eigenvalue weighted by Gasteiger charge is 2.26. The number of rotatable bonds is 3. The molecule has 0 saturated carbocycles. The first-order valence-electron chi connectivity index (χ1n) is 8.11. The van der Waals surface area contributed by atoms with Gasteiger partial charge in [0, 0.05) is 17.8 Å². The molecule has 23 heavy (non-hydrogen) atoms. The average molecular weight is 310 g/mol. The lowest BCUT2D eigenvalue weighted by Gasteiger charge is -2.24. The molecule has 3 rings (SSSR count). The molecule has 0 saturated heterocycles. The fraction of sp³-hybridized carbons (Fsp3) is 0.368. The minimum atomic E-state index is -0.119. The van der Waals surface area contributed by atoms with E-state index in [9.17, 15) is 9.59 Å². The highest BCUT2D eigenvalue weighted by molar-refractivity contribution is 5.84. The molecule has 1 aliphatic carbocycles. The molecule has 0 aliphatic heterocycles. The number of amides is 1. The molecule has 0 bridgehead atoms. The molecule has 1 amide bonds. The molecule has 0 spiro atoms. The number of pyridine rings is 1. The van der Waals surface area contributed by atoms with Gasteiger partial charge in [-0.1, -0.05) is 24.3 Å². The molecule has 1 atom stereocenters. The van der Waals surface area contributed by atoms with Gasteiger partial charge in [0.2, 0.25) is 5.91 Å². The zero-order valence-corrected chi connectivity index (χ0v) is 13.6. The SMILES string of the molecule is Cc1cc(C)c(CNC(=O)[C@@H]2CCCc3ccccc32)c(=O)[nH]1. The van der Waals surface area contributed by atoms with Gasteiger partial charge in [-0.3, -0.25) is 9.59 Å². The Bertz CT molecular complexity index is 792. The summed E-state index contributed by atoms with van der Waals surface area (Å²) in [5.74, 6) is -0.0960. The number of carbonyl (C=O) groups excluding carboxylic acids is 1. The molecule has 0 unspecified atom stereocenters. The highest BCUT2D eigenvalue weighted by Crippen LogP contribution is 2.31. The number of benzene rings is 1. The van der Waals surface area contributed by atoms with Crippen molar-refractivity contribution in [1.82, 2.24) is 10.3 Å². The van der Waals surface area contributed by atoms with Crippen LogP contribution < -0.4 is 10.9 Å². The topological polar surface area (TPSA) is 62.0 Å². The number of fused-ring (bicyclic) bond motifs is 1. The Labute approximate surface area is 135 Å².